The van der Waals surface area contributed by atoms with Crippen molar-refractivity contribution in [2.75, 3.05) is 19.6 Å². The van der Waals surface area contributed by atoms with Gasteiger partial charge < -0.3 is 10.2 Å². The molecule has 1 atom stereocenters. The maximum absolute atomic E-state index is 12.7. The van der Waals surface area contributed by atoms with Gasteiger partial charge in [0, 0.05) is 31.2 Å². The lowest BCUT2D eigenvalue weighted by Crippen LogP contribution is -2.52. The van der Waals surface area contributed by atoms with Crippen molar-refractivity contribution >= 4 is 5.91 Å². The molecule has 2 aromatic rings. The standard InChI is InChI=1S/C15H19N5O/c1-11-7-13(20-10-17-9-18-20)3-4-14(11)15(21)19-6-5-16-8-12(19)2/h3-4,7,9-10,12,16H,5-6,8H2,1-2H3/t12-/m0/s1. The van der Waals surface area contributed by atoms with Crippen molar-refractivity contribution < 1.29 is 4.79 Å². The summed E-state index contributed by atoms with van der Waals surface area (Å²) in [5, 5.41) is 7.41. The Morgan fingerprint density at radius 1 is 1.43 bits per heavy atom. The lowest BCUT2D eigenvalue weighted by atomic mass is 10.0. The van der Waals surface area contributed by atoms with Crippen molar-refractivity contribution in [2.24, 2.45) is 0 Å². The van der Waals surface area contributed by atoms with Gasteiger partial charge in [0.2, 0.25) is 0 Å². The molecule has 6 heteroatoms. The molecule has 1 N–H and O–H groups in total. The molecule has 1 aliphatic rings. The van der Waals surface area contributed by atoms with Gasteiger partial charge >= 0.3 is 0 Å². The molecule has 0 aliphatic carbocycles. The second-order valence-corrected chi connectivity index (χ2v) is 5.39. The Labute approximate surface area is 123 Å². The highest BCUT2D eigenvalue weighted by atomic mass is 16.2. The maximum atomic E-state index is 12.7. The molecule has 0 unspecified atom stereocenters. The zero-order valence-corrected chi connectivity index (χ0v) is 12.3. The molecule has 0 bridgehead atoms. The summed E-state index contributed by atoms with van der Waals surface area (Å²) in [7, 11) is 0. The Kier molecular flexibility index (Phi) is 3.70. The van der Waals surface area contributed by atoms with Crippen molar-refractivity contribution in [2.45, 2.75) is 19.9 Å². The van der Waals surface area contributed by atoms with Gasteiger partial charge in [-0.3, -0.25) is 4.79 Å². The van der Waals surface area contributed by atoms with E-state index in [-0.39, 0.29) is 11.9 Å². The Hall–Kier alpha value is -2.21. The SMILES string of the molecule is Cc1cc(-n2cncn2)ccc1C(=O)N1CCNC[C@@H]1C. The van der Waals surface area contributed by atoms with Crippen LogP contribution in [0.2, 0.25) is 0 Å². The number of hydrogen-bond donors (Lipinski definition) is 1. The Morgan fingerprint density at radius 2 is 2.29 bits per heavy atom. The normalized spacial score (nSPS) is 18.8. The molecule has 1 saturated heterocycles. The number of piperazine rings is 1. The first-order valence-electron chi connectivity index (χ1n) is 7.14. The molecule has 3 rings (SSSR count). The van der Waals surface area contributed by atoms with Gasteiger partial charge in [-0.15, -0.1) is 0 Å². The van der Waals surface area contributed by atoms with Crippen LogP contribution in [-0.2, 0) is 0 Å². The number of carbonyl (C=O) groups excluding carboxylic acids is 1. The summed E-state index contributed by atoms with van der Waals surface area (Å²) in [6.45, 7) is 6.49. The third-order valence-electron chi connectivity index (χ3n) is 3.89. The molecule has 1 aromatic heterocycles. The minimum absolute atomic E-state index is 0.103. The van der Waals surface area contributed by atoms with E-state index in [2.05, 4.69) is 22.3 Å². The topological polar surface area (TPSA) is 63.1 Å². The van der Waals surface area contributed by atoms with E-state index < -0.39 is 0 Å². The second kappa shape index (κ2) is 5.65. The van der Waals surface area contributed by atoms with Crippen molar-refractivity contribution in [3.05, 3.63) is 42.0 Å². The van der Waals surface area contributed by atoms with Gasteiger partial charge in [-0.25, -0.2) is 9.67 Å². The van der Waals surface area contributed by atoms with Crippen LogP contribution in [0.15, 0.2) is 30.9 Å². The van der Waals surface area contributed by atoms with Gasteiger partial charge in [-0.1, -0.05) is 0 Å². The predicted molar refractivity (Wildman–Crippen MR) is 79.5 cm³/mol. The average Bonchev–Trinajstić information content (AvgIpc) is 3.01. The highest BCUT2D eigenvalue weighted by Gasteiger charge is 2.25. The highest BCUT2D eigenvalue weighted by molar-refractivity contribution is 5.96. The van der Waals surface area contributed by atoms with E-state index in [1.165, 1.54) is 6.33 Å². The Morgan fingerprint density at radius 3 is 2.95 bits per heavy atom. The number of nitrogens with one attached hydrogen (secondary N) is 1. The van der Waals surface area contributed by atoms with Crippen LogP contribution in [0.4, 0.5) is 0 Å². The zero-order chi connectivity index (χ0) is 14.8. The average molecular weight is 285 g/mol. The number of hydrogen-bond acceptors (Lipinski definition) is 4. The molecule has 0 saturated carbocycles. The molecule has 0 radical (unpaired) electrons. The number of aryl methyl sites for hydroxylation is 1. The third-order valence-corrected chi connectivity index (χ3v) is 3.89. The molecule has 2 heterocycles. The summed E-state index contributed by atoms with van der Waals surface area (Å²) >= 11 is 0. The van der Waals surface area contributed by atoms with Crippen LogP contribution < -0.4 is 5.32 Å². The fourth-order valence-electron chi connectivity index (χ4n) is 2.67. The Bertz CT molecular complexity index is 638. The summed E-state index contributed by atoms with van der Waals surface area (Å²) in [6.07, 6.45) is 3.14. The molecule has 1 fully saturated rings. The van der Waals surface area contributed by atoms with E-state index in [1.807, 2.05) is 30.0 Å². The van der Waals surface area contributed by atoms with Gasteiger partial charge in [-0.05, 0) is 37.6 Å². The molecule has 1 amide bonds. The van der Waals surface area contributed by atoms with E-state index >= 15 is 0 Å². The predicted octanol–water partition coefficient (Wildman–Crippen LogP) is 1.01. The maximum Gasteiger partial charge on any atom is 0.254 e. The van der Waals surface area contributed by atoms with E-state index in [0.29, 0.717) is 0 Å². The minimum Gasteiger partial charge on any atom is -0.333 e. The van der Waals surface area contributed by atoms with Crippen molar-refractivity contribution in [1.82, 2.24) is 25.0 Å². The minimum atomic E-state index is 0.103. The molecule has 1 aliphatic heterocycles. The number of rotatable bonds is 2. The molecule has 0 spiro atoms. The van der Waals surface area contributed by atoms with Crippen molar-refractivity contribution in [1.29, 1.82) is 0 Å². The van der Waals surface area contributed by atoms with Crippen LogP contribution in [0.3, 0.4) is 0 Å². The summed E-state index contributed by atoms with van der Waals surface area (Å²) in [5.74, 6) is 0.103. The largest absolute Gasteiger partial charge is 0.333 e. The monoisotopic (exact) mass is 285 g/mol. The van der Waals surface area contributed by atoms with Crippen LogP contribution in [0.1, 0.15) is 22.8 Å². The molecule has 1 aromatic carbocycles. The van der Waals surface area contributed by atoms with Gasteiger partial charge in [0.15, 0.2) is 0 Å². The fraction of sp³-hybridized carbons (Fsp3) is 0.400. The van der Waals surface area contributed by atoms with Crippen molar-refractivity contribution in [3.8, 4) is 5.69 Å². The molecule has 6 nitrogen and oxygen atoms in total. The lowest BCUT2D eigenvalue weighted by Gasteiger charge is -2.34. The Balaban J connectivity index is 1.87. The zero-order valence-electron chi connectivity index (χ0n) is 12.3. The molecule has 110 valence electrons. The van der Waals surface area contributed by atoms with Crippen LogP contribution in [0.25, 0.3) is 5.69 Å². The first-order valence-corrected chi connectivity index (χ1v) is 7.14. The number of benzene rings is 1. The summed E-state index contributed by atoms with van der Waals surface area (Å²) < 4.78 is 1.69. The second-order valence-electron chi connectivity index (χ2n) is 5.39. The van der Waals surface area contributed by atoms with Crippen LogP contribution in [0.5, 0.6) is 0 Å². The summed E-state index contributed by atoms with van der Waals surface area (Å²) in [4.78, 5) is 18.6. The van der Waals surface area contributed by atoms with E-state index in [1.54, 1.807) is 11.0 Å². The van der Waals surface area contributed by atoms with Crippen molar-refractivity contribution in [3.63, 3.8) is 0 Å². The molecular weight excluding hydrogens is 266 g/mol. The lowest BCUT2D eigenvalue weighted by molar-refractivity contribution is 0.0655. The quantitative estimate of drug-likeness (QED) is 0.894. The van der Waals surface area contributed by atoms with Gasteiger partial charge in [0.1, 0.15) is 12.7 Å². The third kappa shape index (κ3) is 2.67. The number of aromatic nitrogens is 3. The smallest absolute Gasteiger partial charge is 0.254 e. The number of nitrogens with zero attached hydrogens (tertiary/aromatic N) is 4. The van der Waals surface area contributed by atoms with Crippen LogP contribution in [0, 0.1) is 6.92 Å². The summed E-state index contributed by atoms with van der Waals surface area (Å²) in [5.41, 5.74) is 2.63. The summed E-state index contributed by atoms with van der Waals surface area (Å²) in [6, 6.07) is 5.97. The first-order chi connectivity index (χ1) is 10.2. The van der Waals surface area contributed by atoms with Gasteiger partial charge in [0.05, 0.1) is 5.69 Å². The molecule has 21 heavy (non-hydrogen) atoms. The van der Waals surface area contributed by atoms with Crippen LogP contribution >= 0.6 is 0 Å². The van der Waals surface area contributed by atoms with E-state index in [0.717, 1.165) is 36.4 Å². The van der Waals surface area contributed by atoms with E-state index in [4.69, 9.17) is 0 Å². The van der Waals surface area contributed by atoms with Gasteiger partial charge in [-0.2, -0.15) is 5.10 Å². The van der Waals surface area contributed by atoms with Crippen LogP contribution in [-0.4, -0.2) is 51.2 Å². The van der Waals surface area contributed by atoms with Gasteiger partial charge in [0.25, 0.3) is 5.91 Å². The van der Waals surface area contributed by atoms with E-state index in [9.17, 15) is 4.79 Å². The fourth-order valence-corrected chi connectivity index (χ4v) is 2.67. The highest BCUT2D eigenvalue weighted by Crippen LogP contribution is 2.17. The number of carbonyl (C=O) groups is 1. The number of amides is 1. The molecular formula is C15H19N5O. The first kappa shape index (κ1) is 13.8.